The summed E-state index contributed by atoms with van der Waals surface area (Å²) < 4.78 is 42.5. The summed E-state index contributed by atoms with van der Waals surface area (Å²) in [5.41, 5.74) is 1.51. The van der Waals surface area contributed by atoms with Crippen molar-refractivity contribution in [3.8, 4) is 11.1 Å². The molecule has 0 nitrogen and oxygen atoms in total. The van der Waals surface area contributed by atoms with Crippen molar-refractivity contribution in [1.82, 2.24) is 0 Å². The normalized spacial score (nSPS) is 23.7. The van der Waals surface area contributed by atoms with Crippen molar-refractivity contribution < 1.29 is 13.2 Å². The molecule has 0 saturated heterocycles. The van der Waals surface area contributed by atoms with Crippen LogP contribution in [0.5, 0.6) is 0 Å². The van der Waals surface area contributed by atoms with Gasteiger partial charge < -0.3 is 0 Å². The summed E-state index contributed by atoms with van der Waals surface area (Å²) in [6.07, 6.45) is 11.7. The van der Waals surface area contributed by atoms with Crippen LogP contribution in [-0.4, -0.2) is 0 Å². The molecule has 0 radical (unpaired) electrons. The van der Waals surface area contributed by atoms with E-state index in [2.05, 4.69) is 0 Å². The van der Waals surface area contributed by atoms with Gasteiger partial charge >= 0.3 is 0 Å². The molecule has 0 amide bonds. The average molecular weight is 387 g/mol. The first-order chi connectivity index (χ1) is 13.5. The summed E-state index contributed by atoms with van der Waals surface area (Å²) in [4.78, 5) is 0. The molecule has 2 aliphatic rings. The highest BCUT2D eigenvalue weighted by molar-refractivity contribution is 5.65. The lowest BCUT2D eigenvalue weighted by Crippen LogP contribution is -2.23. The van der Waals surface area contributed by atoms with Gasteiger partial charge in [-0.3, -0.25) is 0 Å². The topological polar surface area (TPSA) is 0 Å². The Kier molecular flexibility index (Phi) is 5.80. The molecular formula is C25H29F3. The minimum Gasteiger partial charge on any atom is -0.207 e. The maximum absolute atomic E-state index is 14.8. The van der Waals surface area contributed by atoms with Gasteiger partial charge in [-0.15, -0.1) is 0 Å². The second kappa shape index (κ2) is 8.31. The Hall–Kier alpha value is -1.77. The SMILES string of the molecule is Cc1c(F)cc(-c2ccc(C3CCC(C4CCCCC4)CC3)cc2F)cc1F. The van der Waals surface area contributed by atoms with Crippen LogP contribution in [0.2, 0.25) is 0 Å². The molecule has 0 N–H and O–H groups in total. The van der Waals surface area contributed by atoms with E-state index in [0.717, 1.165) is 30.2 Å². The lowest BCUT2D eigenvalue weighted by atomic mass is 9.70. The van der Waals surface area contributed by atoms with Crippen LogP contribution >= 0.6 is 0 Å². The Morgan fingerprint density at radius 2 is 1.29 bits per heavy atom. The van der Waals surface area contributed by atoms with Gasteiger partial charge in [-0.25, -0.2) is 13.2 Å². The van der Waals surface area contributed by atoms with E-state index in [9.17, 15) is 13.2 Å². The third kappa shape index (κ3) is 3.99. The Bertz CT molecular complexity index is 805. The van der Waals surface area contributed by atoms with Gasteiger partial charge in [0.05, 0.1) is 0 Å². The fraction of sp³-hybridized carbons (Fsp3) is 0.520. The molecular weight excluding hydrogens is 357 g/mol. The minimum atomic E-state index is -0.639. The van der Waals surface area contributed by atoms with E-state index in [1.54, 1.807) is 12.1 Å². The quantitative estimate of drug-likeness (QED) is 0.502. The number of hydrogen-bond acceptors (Lipinski definition) is 0. The first kappa shape index (κ1) is 19.5. The van der Waals surface area contributed by atoms with E-state index in [4.69, 9.17) is 0 Å². The standard InChI is InChI=1S/C25H29F3/c1-16-23(26)14-21(15-24(16)27)22-12-11-20(13-25(22)28)19-9-7-18(8-10-19)17-5-3-2-4-6-17/h11-15,17-19H,2-10H2,1H3. The molecule has 0 atom stereocenters. The molecule has 2 aromatic carbocycles. The molecule has 0 spiro atoms. The van der Waals surface area contributed by atoms with E-state index in [0.29, 0.717) is 5.92 Å². The van der Waals surface area contributed by atoms with Crippen molar-refractivity contribution in [1.29, 1.82) is 0 Å². The smallest absolute Gasteiger partial charge is 0.131 e. The third-order valence-electron chi connectivity index (χ3n) is 7.14. The molecule has 0 bridgehead atoms. The second-order valence-electron chi connectivity index (χ2n) is 8.81. The van der Waals surface area contributed by atoms with Crippen LogP contribution in [0.25, 0.3) is 11.1 Å². The highest BCUT2D eigenvalue weighted by Crippen LogP contribution is 2.43. The van der Waals surface area contributed by atoms with E-state index in [-0.39, 0.29) is 16.7 Å². The molecule has 0 unspecified atom stereocenters. The molecule has 4 rings (SSSR count). The largest absolute Gasteiger partial charge is 0.207 e. The highest BCUT2D eigenvalue weighted by atomic mass is 19.1. The Morgan fingerprint density at radius 1 is 0.679 bits per heavy atom. The lowest BCUT2D eigenvalue weighted by molar-refractivity contribution is 0.186. The minimum absolute atomic E-state index is 0.0319. The van der Waals surface area contributed by atoms with E-state index in [1.807, 2.05) is 6.07 Å². The van der Waals surface area contributed by atoms with Crippen molar-refractivity contribution in [2.75, 3.05) is 0 Å². The summed E-state index contributed by atoms with van der Waals surface area (Å²) in [6, 6.07) is 7.63. The molecule has 2 aromatic rings. The van der Waals surface area contributed by atoms with Crippen LogP contribution in [0.3, 0.4) is 0 Å². The van der Waals surface area contributed by atoms with Gasteiger partial charge in [-0.2, -0.15) is 0 Å². The summed E-state index contributed by atoms with van der Waals surface area (Å²) in [7, 11) is 0. The second-order valence-corrected chi connectivity index (χ2v) is 8.81. The van der Waals surface area contributed by atoms with Crippen molar-refractivity contribution in [2.45, 2.75) is 70.6 Å². The Morgan fingerprint density at radius 3 is 1.89 bits per heavy atom. The van der Waals surface area contributed by atoms with Crippen molar-refractivity contribution in [3.63, 3.8) is 0 Å². The van der Waals surface area contributed by atoms with Gasteiger partial charge in [0.1, 0.15) is 17.5 Å². The molecule has 0 aromatic heterocycles. The number of hydrogen-bond donors (Lipinski definition) is 0. The first-order valence-corrected chi connectivity index (χ1v) is 10.8. The average Bonchev–Trinajstić information content (AvgIpc) is 2.72. The molecule has 2 saturated carbocycles. The molecule has 3 heteroatoms. The maximum Gasteiger partial charge on any atom is 0.131 e. The van der Waals surface area contributed by atoms with Gasteiger partial charge in [0.2, 0.25) is 0 Å². The molecule has 150 valence electrons. The molecule has 2 fully saturated rings. The highest BCUT2D eigenvalue weighted by Gasteiger charge is 2.29. The number of rotatable bonds is 3. The predicted octanol–water partition coefficient (Wildman–Crippen LogP) is 7.93. The molecule has 0 aliphatic heterocycles. The van der Waals surface area contributed by atoms with Gasteiger partial charge in [0.15, 0.2) is 0 Å². The van der Waals surface area contributed by atoms with Crippen molar-refractivity contribution in [2.24, 2.45) is 11.8 Å². The molecule has 28 heavy (non-hydrogen) atoms. The monoisotopic (exact) mass is 386 g/mol. The van der Waals surface area contributed by atoms with Gasteiger partial charge in [-0.05, 0) is 79.7 Å². The zero-order chi connectivity index (χ0) is 19.7. The molecule has 2 aliphatic carbocycles. The number of benzene rings is 2. The van der Waals surface area contributed by atoms with Gasteiger partial charge in [0, 0.05) is 11.1 Å². The van der Waals surface area contributed by atoms with E-state index >= 15 is 0 Å². The van der Waals surface area contributed by atoms with E-state index < -0.39 is 17.5 Å². The lowest BCUT2D eigenvalue weighted by Gasteiger charge is -2.36. The zero-order valence-electron chi connectivity index (χ0n) is 16.6. The molecule has 0 heterocycles. The van der Waals surface area contributed by atoms with Crippen molar-refractivity contribution in [3.05, 3.63) is 58.9 Å². The van der Waals surface area contributed by atoms with Crippen molar-refractivity contribution >= 4 is 0 Å². The van der Waals surface area contributed by atoms with Crippen LogP contribution in [0.15, 0.2) is 30.3 Å². The van der Waals surface area contributed by atoms with Crippen LogP contribution in [-0.2, 0) is 0 Å². The predicted molar refractivity (Wildman–Crippen MR) is 108 cm³/mol. The summed E-state index contributed by atoms with van der Waals surface area (Å²) >= 11 is 0. The Labute approximate surface area is 166 Å². The fourth-order valence-corrected chi connectivity index (χ4v) is 5.35. The van der Waals surface area contributed by atoms with Crippen LogP contribution < -0.4 is 0 Å². The maximum atomic E-state index is 14.8. The Balaban J connectivity index is 1.46. The summed E-state index contributed by atoms with van der Waals surface area (Å²) in [5.74, 6) is 0.475. The van der Waals surface area contributed by atoms with Crippen LogP contribution in [0, 0.1) is 36.2 Å². The summed E-state index contributed by atoms with van der Waals surface area (Å²) in [6.45, 7) is 1.39. The number of halogens is 3. The first-order valence-electron chi connectivity index (χ1n) is 10.8. The van der Waals surface area contributed by atoms with Gasteiger partial charge in [-0.1, -0.05) is 44.2 Å². The van der Waals surface area contributed by atoms with E-state index in [1.165, 1.54) is 64.0 Å². The summed E-state index contributed by atoms with van der Waals surface area (Å²) in [5, 5.41) is 0. The third-order valence-corrected chi connectivity index (χ3v) is 7.14. The van der Waals surface area contributed by atoms with Gasteiger partial charge in [0.25, 0.3) is 0 Å². The fourth-order valence-electron chi connectivity index (χ4n) is 5.35. The van der Waals surface area contributed by atoms with Crippen LogP contribution in [0.1, 0.15) is 74.8 Å². The van der Waals surface area contributed by atoms with Crippen LogP contribution in [0.4, 0.5) is 13.2 Å². The zero-order valence-corrected chi connectivity index (χ0v) is 16.6.